The molecule has 2 heteroatoms. The molecule has 0 aromatic carbocycles. The fourth-order valence-corrected chi connectivity index (χ4v) is 4.34. The van der Waals surface area contributed by atoms with Crippen LogP contribution in [0, 0.1) is 11.3 Å². The molecule has 2 fully saturated rings. The molecule has 0 aliphatic heterocycles. The summed E-state index contributed by atoms with van der Waals surface area (Å²) in [5.74, 6) is 0.711. The zero-order valence-corrected chi connectivity index (χ0v) is 10.6. The van der Waals surface area contributed by atoms with E-state index in [1.165, 1.54) is 18.4 Å². The first-order chi connectivity index (χ1) is 8.20. The topological polar surface area (TPSA) is 29.5 Å². The fourth-order valence-electron chi connectivity index (χ4n) is 4.34. The molecule has 3 aliphatic rings. The van der Waals surface area contributed by atoms with Crippen LogP contribution in [0.4, 0.5) is 0 Å². The van der Waals surface area contributed by atoms with E-state index in [1.54, 1.807) is 13.4 Å². The van der Waals surface area contributed by atoms with Crippen molar-refractivity contribution in [2.24, 2.45) is 11.3 Å². The minimum Gasteiger partial charge on any atom is -0.505 e. The Morgan fingerprint density at radius 1 is 1.47 bits per heavy atom. The lowest BCUT2D eigenvalue weighted by molar-refractivity contribution is -0.0185. The molecule has 3 aliphatic carbocycles. The maximum Gasteiger partial charge on any atom is 0.0950 e. The van der Waals surface area contributed by atoms with Gasteiger partial charge in [0.15, 0.2) is 0 Å². The van der Waals surface area contributed by atoms with Gasteiger partial charge in [-0.3, -0.25) is 0 Å². The van der Waals surface area contributed by atoms with Gasteiger partial charge >= 0.3 is 0 Å². The van der Waals surface area contributed by atoms with Crippen molar-refractivity contribution in [3.63, 3.8) is 0 Å². The molecule has 2 saturated carbocycles. The molecule has 0 saturated heterocycles. The monoisotopic (exact) mass is 234 g/mol. The smallest absolute Gasteiger partial charge is 0.0950 e. The van der Waals surface area contributed by atoms with Crippen molar-refractivity contribution in [2.75, 3.05) is 7.11 Å². The van der Waals surface area contributed by atoms with E-state index in [9.17, 15) is 5.11 Å². The Labute approximate surface area is 103 Å². The highest BCUT2D eigenvalue weighted by Gasteiger charge is 2.61. The summed E-state index contributed by atoms with van der Waals surface area (Å²) in [7, 11) is 1.68. The van der Waals surface area contributed by atoms with Crippen molar-refractivity contribution in [3.8, 4) is 0 Å². The third kappa shape index (κ3) is 1.50. The van der Waals surface area contributed by atoms with Gasteiger partial charge in [0.25, 0.3) is 0 Å². The van der Waals surface area contributed by atoms with Gasteiger partial charge in [-0.1, -0.05) is 6.08 Å². The Bertz CT molecular complexity index is 371. The van der Waals surface area contributed by atoms with Gasteiger partial charge in [0.2, 0.25) is 0 Å². The van der Waals surface area contributed by atoms with Gasteiger partial charge in [0.1, 0.15) is 0 Å². The second kappa shape index (κ2) is 3.88. The van der Waals surface area contributed by atoms with Gasteiger partial charge in [-0.05, 0) is 62.5 Å². The Balaban J connectivity index is 1.96. The van der Waals surface area contributed by atoms with Gasteiger partial charge < -0.3 is 9.84 Å². The quantitative estimate of drug-likeness (QED) is 0.600. The van der Waals surface area contributed by atoms with E-state index in [0.29, 0.717) is 5.92 Å². The first kappa shape index (κ1) is 11.3. The molecule has 3 rings (SSSR count). The molecule has 0 radical (unpaired) electrons. The Morgan fingerprint density at radius 3 is 3.00 bits per heavy atom. The second-order valence-electron chi connectivity index (χ2n) is 5.99. The molecular weight excluding hydrogens is 212 g/mol. The molecule has 2 bridgehead atoms. The van der Waals surface area contributed by atoms with Crippen molar-refractivity contribution < 1.29 is 9.84 Å². The Kier molecular flexibility index (Phi) is 2.58. The van der Waals surface area contributed by atoms with E-state index in [4.69, 9.17) is 4.74 Å². The summed E-state index contributed by atoms with van der Waals surface area (Å²) in [6.45, 7) is 0. The summed E-state index contributed by atoms with van der Waals surface area (Å²) < 4.78 is 5.09. The van der Waals surface area contributed by atoms with Crippen LogP contribution in [0.3, 0.4) is 0 Å². The zero-order chi connectivity index (χ0) is 11.9. The van der Waals surface area contributed by atoms with Crippen molar-refractivity contribution in [1.29, 1.82) is 0 Å². The van der Waals surface area contributed by atoms with E-state index < -0.39 is 5.60 Å². The highest BCUT2D eigenvalue weighted by Crippen LogP contribution is 2.63. The van der Waals surface area contributed by atoms with Gasteiger partial charge in [0.05, 0.1) is 19.0 Å². The van der Waals surface area contributed by atoms with E-state index in [2.05, 4.69) is 12.2 Å². The number of methoxy groups -OCH3 is 1. The SMILES string of the molecule is CO/C=C/[C@@]12CC[C@@H](C1)C[C@]2(O)C1=CCCC1. The summed E-state index contributed by atoms with van der Waals surface area (Å²) >= 11 is 0. The average molecular weight is 234 g/mol. The van der Waals surface area contributed by atoms with Crippen molar-refractivity contribution >= 4 is 0 Å². The number of rotatable bonds is 3. The van der Waals surface area contributed by atoms with Crippen LogP contribution >= 0.6 is 0 Å². The molecular formula is C15H22O2. The molecule has 0 amide bonds. The third-order valence-electron chi connectivity index (χ3n) is 5.15. The first-order valence-corrected chi connectivity index (χ1v) is 6.83. The highest BCUT2D eigenvalue weighted by molar-refractivity contribution is 5.33. The maximum absolute atomic E-state index is 11.2. The lowest BCUT2D eigenvalue weighted by Gasteiger charge is -2.42. The lowest BCUT2D eigenvalue weighted by Crippen LogP contribution is -2.45. The molecule has 0 spiro atoms. The van der Waals surface area contributed by atoms with Crippen LogP contribution in [-0.2, 0) is 4.74 Å². The second-order valence-corrected chi connectivity index (χ2v) is 5.99. The molecule has 3 atom stereocenters. The van der Waals surface area contributed by atoms with Crippen molar-refractivity contribution in [3.05, 3.63) is 24.0 Å². The Morgan fingerprint density at radius 2 is 2.35 bits per heavy atom. The lowest BCUT2D eigenvalue weighted by atomic mass is 9.67. The third-order valence-corrected chi connectivity index (χ3v) is 5.15. The molecule has 0 unspecified atom stereocenters. The van der Waals surface area contributed by atoms with Gasteiger partial charge in [0, 0.05) is 5.41 Å². The van der Waals surface area contributed by atoms with E-state index >= 15 is 0 Å². The molecule has 17 heavy (non-hydrogen) atoms. The van der Waals surface area contributed by atoms with Crippen LogP contribution in [0.1, 0.15) is 44.9 Å². The molecule has 94 valence electrons. The summed E-state index contributed by atoms with van der Waals surface area (Å²) in [5, 5.41) is 11.2. The highest BCUT2D eigenvalue weighted by atomic mass is 16.5. The van der Waals surface area contributed by atoms with Gasteiger partial charge in [-0.2, -0.15) is 0 Å². The predicted octanol–water partition coefficient (Wildman–Crippen LogP) is 3.18. The van der Waals surface area contributed by atoms with Crippen molar-refractivity contribution in [2.45, 2.75) is 50.5 Å². The van der Waals surface area contributed by atoms with Gasteiger partial charge in [-0.15, -0.1) is 0 Å². The molecule has 0 aromatic rings. The summed E-state index contributed by atoms with van der Waals surface area (Å²) in [6.07, 6.45) is 14.1. The zero-order valence-electron chi connectivity index (χ0n) is 10.6. The predicted molar refractivity (Wildman–Crippen MR) is 67.4 cm³/mol. The van der Waals surface area contributed by atoms with E-state index in [0.717, 1.165) is 32.1 Å². The van der Waals surface area contributed by atoms with Crippen LogP contribution in [0.2, 0.25) is 0 Å². The number of fused-ring (bicyclic) bond motifs is 2. The minimum atomic E-state index is -0.568. The molecule has 0 aromatic heterocycles. The number of hydrogen-bond donors (Lipinski definition) is 1. The standard InChI is InChI=1S/C15H22O2/c1-17-9-8-14-7-6-12(10-14)11-15(14,16)13-4-2-3-5-13/h4,8-9,12,16H,2-3,5-7,10-11H2,1H3/b9-8+/t12-,14-,15-/m0/s1. The number of aliphatic hydroxyl groups is 1. The van der Waals surface area contributed by atoms with Crippen LogP contribution in [0.15, 0.2) is 24.0 Å². The van der Waals surface area contributed by atoms with E-state index in [1.807, 2.05) is 0 Å². The largest absolute Gasteiger partial charge is 0.505 e. The van der Waals surface area contributed by atoms with Crippen LogP contribution in [0.25, 0.3) is 0 Å². The number of hydrogen-bond acceptors (Lipinski definition) is 2. The molecule has 2 nitrogen and oxygen atoms in total. The van der Waals surface area contributed by atoms with Crippen LogP contribution < -0.4 is 0 Å². The summed E-state index contributed by atoms with van der Waals surface area (Å²) in [4.78, 5) is 0. The fraction of sp³-hybridized carbons (Fsp3) is 0.733. The number of allylic oxidation sites excluding steroid dienone is 1. The average Bonchev–Trinajstić information content (AvgIpc) is 3.01. The van der Waals surface area contributed by atoms with Crippen LogP contribution in [-0.4, -0.2) is 17.8 Å². The van der Waals surface area contributed by atoms with E-state index in [-0.39, 0.29) is 5.41 Å². The summed E-state index contributed by atoms with van der Waals surface area (Å²) in [6, 6.07) is 0. The van der Waals surface area contributed by atoms with Crippen LogP contribution in [0.5, 0.6) is 0 Å². The molecule has 1 N–H and O–H groups in total. The van der Waals surface area contributed by atoms with Gasteiger partial charge in [-0.25, -0.2) is 0 Å². The minimum absolute atomic E-state index is 0.0378. The normalized spacial score (nSPS) is 44.6. The Hall–Kier alpha value is -0.760. The maximum atomic E-state index is 11.2. The molecule has 0 heterocycles. The number of ether oxygens (including phenoxy) is 1. The van der Waals surface area contributed by atoms with Crippen molar-refractivity contribution in [1.82, 2.24) is 0 Å². The summed E-state index contributed by atoms with van der Waals surface area (Å²) in [5.41, 5.74) is 0.700. The first-order valence-electron chi connectivity index (χ1n) is 6.83.